The Kier molecular flexibility index (Phi) is 7.04. The molecular weight excluding hydrogens is 438 g/mol. The minimum Gasteiger partial charge on any atom is -0.468 e. The van der Waals surface area contributed by atoms with Crippen molar-refractivity contribution in [2.45, 2.75) is 17.9 Å². The van der Waals surface area contributed by atoms with Crippen LogP contribution in [0.15, 0.2) is 70.2 Å². The Morgan fingerprint density at radius 2 is 1.90 bits per heavy atom. The normalized spacial score (nSPS) is 12.5. The highest BCUT2D eigenvalue weighted by Gasteiger charge is 2.22. The maximum absolute atomic E-state index is 12.8. The lowest BCUT2D eigenvalue weighted by atomic mass is 10.1. The fourth-order valence-electron chi connectivity index (χ4n) is 3.07. The molecule has 0 saturated carbocycles. The summed E-state index contributed by atoms with van der Waals surface area (Å²) >= 11 is 6.19. The smallest absolute Gasteiger partial charge is 0.261 e. The lowest BCUT2D eigenvalue weighted by molar-refractivity contribution is 0.0939. The van der Waals surface area contributed by atoms with Gasteiger partial charge in [0.2, 0.25) is 0 Å². The van der Waals surface area contributed by atoms with Crippen molar-refractivity contribution < 1.29 is 17.6 Å². The summed E-state index contributed by atoms with van der Waals surface area (Å²) in [7, 11) is -0.152. The van der Waals surface area contributed by atoms with Crippen LogP contribution in [0, 0.1) is 6.92 Å². The molecule has 1 unspecified atom stereocenters. The summed E-state index contributed by atoms with van der Waals surface area (Å²) in [5, 5.41) is 2.96. The zero-order chi connectivity index (χ0) is 22.6. The zero-order valence-corrected chi connectivity index (χ0v) is 19.0. The summed E-state index contributed by atoms with van der Waals surface area (Å²) in [5.41, 5.74) is 1.43. The van der Waals surface area contributed by atoms with E-state index in [2.05, 4.69) is 10.0 Å². The van der Waals surface area contributed by atoms with E-state index < -0.39 is 15.9 Å². The molecule has 1 amide bonds. The van der Waals surface area contributed by atoms with Gasteiger partial charge in [-0.1, -0.05) is 23.7 Å². The lowest BCUT2D eigenvalue weighted by Gasteiger charge is -2.22. The molecular formula is C22H24ClN3O4S. The van der Waals surface area contributed by atoms with Crippen molar-refractivity contribution in [3.8, 4) is 0 Å². The summed E-state index contributed by atoms with van der Waals surface area (Å²) in [6.45, 7) is 2.13. The maximum Gasteiger partial charge on any atom is 0.261 e. The highest BCUT2D eigenvalue weighted by Crippen LogP contribution is 2.24. The van der Waals surface area contributed by atoms with Gasteiger partial charge in [0.1, 0.15) is 5.76 Å². The molecule has 1 atom stereocenters. The van der Waals surface area contributed by atoms with Gasteiger partial charge in [-0.25, -0.2) is 8.42 Å². The topological polar surface area (TPSA) is 91.6 Å². The number of nitrogens with one attached hydrogen (secondary N) is 2. The van der Waals surface area contributed by atoms with Gasteiger partial charge in [0.05, 0.1) is 27.8 Å². The SMILES string of the molecule is Cc1cccc(NS(=O)(=O)c2ccc(Cl)c(C(=O)NCC(c3ccco3)N(C)C)c2)c1. The number of hydrogen-bond donors (Lipinski definition) is 2. The number of halogens is 1. The van der Waals surface area contributed by atoms with Gasteiger partial charge in [-0.05, 0) is 69.0 Å². The van der Waals surface area contributed by atoms with Gasteiger partial charge >= 0.3 is 0 Å². The van der Waals surface area contributed by atoms with E-state index in [0.717, 1.165) is 5.56 Å². The summed E-state index contributed by atoms with van der Waals surface area (Å²) in [4.78, 5) is 14.6. The highest BCUT2D eigenvalue weighted by atomic mass is 35.5. The van der Waals surface area contributed by atoms with E-state index in [1.165, 1.54) is 18.2 Å². The molecule has 0 bridgehead atoms. The van der Waals surface area contributed by atoms with Crippen LogP contribution in [0.1, 0.15) is 27.7 Å². The molecule has 3 rings (SSSR count). The number of benzene rings is 2. The average molecular weight is 462 g/mol. The molecule has 164 valence electrons. The number of likely N-dealkylation sites (N-methyl/N-ethyl adjacent to an activating group) is 1. The average Bonchev–Trinajstić information content (AvgIpc) is 3.22. The van der Waals surface area contributed by atoms with Crippen molar-refractivity contribution in [2.24, 2.45) is 0 Å². The number of amides is 1. The molecule has 0 aliphatic rings. The number of anilines is 1. The second kappa shape index (κ2) is 9.55. The van der Waals surface area contributed by atoms with Gasteiger partial charge in [0.15, 0.2) is 0 Å². The van der Waals surface area contributed by atoms with Crippen molar-refractivity contribution in [3.05, 3.63) is 82.8 Å². The van der Waals surface area contributed by atoms with Crippen molar-refractivity contribution in [3.63, 3.8) is 0 Å². The Bertz CT molecular complexity index is 1160. The molecule has 1 aromatic heterocycles. The molecule has 0 aliphatic heterocycles. The summed E-state index contributed by atoms with van der Waals surface area (Å²) < 4.78 is 33.6. The Morgan fingerprint density at radius 3 is 2.55 bits per heavy atom. The number of sulfonamides is 1. The maximum atomic E-state index is 12.8. The first-order valence-electron chi connectivity index (χ1n) is 9.54. The second-order valence-corrected chi connectivity index (χ2v) is 9.41. The first-order valence-corrected chi connectivity index (χ1v) is 11.4. The van der Waals surface area contributed by atoms with Gasteiger partial charge in [-0.15, -0.1) is 0 Å². The van der Waals surface area contributed by atoms with Crippen LogP contribution in [-0.4, -0.2) is 39.9 Å². The molecule has 0 spiro atoms. The van der Waals surface area contributed by atoms with Crippen molar-refractivity contribution >= 4 is 33.2 Å². The van der Waals surface area contributed by atoms with Crippen LogP contribution in [-0.2, 0) is 10.0 Å². The molecule has 9 heteroatoms. The van der Waals surface area contributed by atoms with E-state index in [0.29, 0.717) is 11.4 Å². The monoisotopic (exact) mass is 461 g/mol. The third-order valence-corrected chi connectivity index (χ3v) is 6.42. The van der Waals surface area contributed by atoms with Crippen molar-refractivity contribution in [1.29, 1.82) is 0 Å². The first-order chi connectivity index (χ1) is 14.7. The Balaban J connectivity index is 1.79. The molecule has 7 nitrogen and oxygen atoms in total. The molecule has 0 aliphatic carbocycles. The van der Waals surface area contributed by atoms with E-state index in [4.69, 9.17) is 16.0 Å². The number of nitrogens with zero attached hydrogens (tertiary/aromatic N) is 1. The van der Waals surface area contributed by atoms with Gasteiger partial charge in [0, 0.05) is 12.2 Å². The van der Waals surface area contributed by atoms with Crippen LogP contribution >= 0.6 is 11.6 Å². The fraction of sp³-hybridized carbons (Fsp3) is 0.227. The zero-order valence-electron chi connectivity index (χ0n) is 17.4. The third kappa shape index (κ3) is 5.66. The highest BCUT2D eigenvalue weighted by molar-refractivity contribution is 7.92. The van der Waals surface area contributed by atoms with Gasteiger partial charge in [-0.2, -0.15) is 0 Å². The Labute approximate surface area is 187 Å². The third-order valence-electron chi connectivity index (χ3n) is 4.71. The predicted octanol–water partition coefficient (Wildman–Crippen LogP) is 4.07. The van der Waals surface area contributed by atoms with E-state index >= 15 is 0 Å². The van der Waals surface area contributed by atoms with E-state index in [-0.39, 0.29) is 28.1 Å². The molecule has 2 aromatic carbocycles. The largest absolute Gasteiger partial charge is 0.468 e. The predicted molar refractivity (Wildman–Crippen MR) is 121 cm³/mol. The standard InChI is InChI=1S/C22H24ClN3O4S/c1-15-6-4-7-16(12-15)25-31(28,29)17-9-10-19(23)18(13-17)22(27)24-14-20(26(2)3)21-8-5-11-30-21/h4-13,20,25H,14H2,1-3H3,(H,24,27). The first kappa shape index (κ1) is 22.9. The molecule has 3 aromatic rings. The van der Waals surface area contributed by atoms with Crippen LogP contribution in [0.3, 0.4) is 0 Å². The second-order valence-electron chi connectivity index (χ2n) is 7.32. The molecule has 0 saturated heterocycles. The van der Waals surface area contributed by atoms with Crippen LogP contribution in [0.2, 0.25) is 5.02 Å². The van der Waals surface area contributed by atoms with Crippen LogP contribution < -0.4 is 10.0 Å². The molecule has 1 heterocycles. The lowest BCUT2D eigenvalue weighted by Crippen LogP contribution is -2.34. The minimum atomic E-state index is -3.89. The van der Waals surface area contributed by atoms with Crippen molar-refractivity contribution in [2.75, 3.05) is 25.4 Å². The number of carbonyl (C=O) groups is 1. The van der Waals surface area contributed by atoms with Gasteiger partial charge in [-0.3, -0.25) is 14.4 Å². The van der Waals surface area contributed by atoms with Gasteiger partial charge < -0.3 is 9.73 Å². The number of rotatable bonds is 8. The molecule has 0 radical (unpaired) electrons. The molecule has 0 fully saturated rings. The Hall–Kier alpha value is -2.81. The number of aryl methyl sites for hydroxylation is 1. The molecule has 2 N–H and O–H groups in total. The number of hydrogen-bond acceptors (Lipinski definition) is 5. The van der Waals surface area contributed by atoms with Crippen LogP contribution in [0.5, 0.6) is 0 Å². The van der Waals surface area contributed by atoms with Crippen molar-refractivity contribution in [1.82, 2.24) is 10.2 Å². The van der Waals surface area contributed by atoms with E-state index in [9.17, 15) is 13.2 Å². The van der Waals surface area contributed by atoms with Crippen LogP contribution in [0.4, 0.5) is 5.69 Å². The summed E-state index contributed by atoms with van der Waals surface area (Å²) in [5.74, 6) is 0.228. The Morgan fingerprint density at radius 1 is 1.13 bits per heavy atom. The number of furan rings is 1. The van der Waals surface area contributed by atoms with E-state index in [1.807, 2.05) is 38.1 Å². The molecule has 31 heavy (non-hydrogen) atoms. The summed E-state index contributed by atoms with van der Waals surface area (Å²) in [6, 6.07) is 14.5. The quantitative estimate of drug-likeness (QED) is 0.527. The number of carbonyl (C=O) groups excluding carboxylic acids is 1. The van der Waals surface area contributed by atoms with Gasteiger partial charge in [0.25, 0.3) is 15.9 Å². The van der Waals surface area contributed by atoms with Crippen LogP contribution in [0.25, 0.3) is 0 Å². The minimum absolute atomic E-state index is 0.0567. The fourth-order valence-corrected chi connectivity index (χ4v) is 4.35. The van der Waals surface area contributed by atoms with E-state index in [1.54, 1.807) is 30.5 Å². The summed E-state index contributed by atoms with van der Waals surface area (Å²) in [6.07, 6.45) is 1.57.